The maximum atomic E-state index is 14.1. The predicted molar refractivity (Wildman–Crippen MR) is 130 cm³/mol. The molecule has 1 aliphatic rings. The third-order valence-corrected chi connectivity index (χ3v) is 6.25. The Hall–Kier alpha value is -3.73. The molecule has 4 rings (SSSR count). The normalized spacial score (nSPS) is 15.8. The number of alkyl halides is 3. The van der Waals surface area contributed by atoms with Crippen LogP contribution >= 0.6 is 0 Å². The maximum absolute atomic E-state index is 14.1. The molecular formula is C25H27F3N4O4. The standard InChI is InChI=1S/C25H27F3N4O4/c1-14-22(15-9-18(35-3)12-19(10-15)36-4)30-32(24(34)23(14)29-2)21-11-16(31-8-7-17(33)13-31)5-6-20(21)25(26,27)28/h5-6,9-12,17,29,33H,7-8,13H2,1-4H3/t17-/m0/s1. The zero-order valence-corrected chi connectivity index (χ0v) is 20.3. The van der Waals surface area contributed by atoms with Gasteiger partial charge in [-0.2, -0.15) is 23.0 Å². The van der Waals surface area contributed by atoms with E-state index in [0.29, 0.717) is 41.3 Å². The smallest absolute Gasteiger partial charge is 0.418 e. The minimum Gasteiger partial charge on any atom is -0.497 e. The Bertz CT molecular complexity index is 1320. The molecule has 36 heavy (non-hydrogen) atoms. The summed E-state index contributed by atoms with van der Waals surface area (Å²) in [6.45, 7) is 2.44. The summed E-state index contributed by atoms with van der Waals surface area (Å²) in [5, 5.41) is 17.1. The van der Waals surface area contributed by atoms with Crippen molar-refractivity contribution < 1.29 is 27.8 Å². The van der Waals surface area contributed by atoms with E-state index in [-0.39, 0.29) is 17.9 Å². The molecule has 1 fully saturated rings. The quantitative estimate of drug-likeness (QED) is 0.527. The van der Waals surface area contributed by atoms with Gasteiger partial charge < -0.3 is 24.8 Å². The lowest BCUT2D eigenvalue weighted by atomic mass is 10.0. The first-order valence-corrected chi connectivity index (χ1v) is 11.3. The van der Waals surface area contributed by atoms with E-state index in [1.807, 2.05) is 0 Å². The minimum absolute atomic E-state index is 0.108. The Labute approximate surface area is 205 Å². The van der Waals surface area contributed by atoms with Gasteiger partial charge in [0.05, 0.1) is 37.3 Å². The van der Waals surface area contributed by atoms with Crippen molar-refractivity contribution >= 4 is 11.4 Å². The van der Waals surface area contributed by atoms with Gasteiger partial charge >= 0.3 is 6.18 Å². The molecule has 1 aliphatic heterocycles. The van der Waals surface area contributed by atoms with Gasteiger partial charge in [-0.15, -0.1) is 0 Å². The maximum Gasteiger partial charge on any atom is 0.418 e. The molecule has 0 aliphatic carbocycles. The number of hydrogen-bond donors (Lipinski definition) is 2. The first-order valence-electron chi connectivity index (χ1n) is 11.3. The topological polar surface area (TPSA) is 88.8 Å². The number of anilines is 2. The van der Waals surface area contributed by atoms with E-state index < -0.39 is 29.1 Å². The number of aliphatic hydroxyl groups excluding tert-OH is 1. The number of benzene rings is 2. The largest absolute Gasteiger partial charge is 0.497 e. The summed E-state index contributed by atoms with van der Waals surface area (Å²) in [5.41, 5.74) is -0.317. The number of halogens is 3. The molecule has 11 heteroatoms. The van der Waals surface area contributed by atoms with Crippen molar-refractivity contribution in [3.63, 3.8) is 0 Å². The highest BCUT2D eigenvalue weighted by molar-refractivity contribution is 5.72. The molecule has 3 aromatic rings. The molecule has 8 nitrogen and oxygen atoms in total. The third-order valence-electron chi connectivity index (χ3n) is 6.25. The van der Waals surface area contributed by atoms with E-state index in [1.165, 1.54) is 33.4 Å². The number of nitrogens with zero attached hydrogens (tertiary/aromatic N) is 3. The Kier molecular flexibility index (Phi) is 6.85. The van der Waals surface area contributed by atoms with Crippen LogP contribution in [0, 0.1) is 6.92 Å². The van der Waals surface area contributed by atoms with Gasteiger partial charge in [0.2, 0.25) is 0 Å². The summed E-state index contributed by atoms with van der Waals surface area (Å²) < 4.78 is 53.7. The molecule has 2 heterocycles. The summed E-state index contributed by atoms with van der Waals surface area (Å²) in [4.78, 5) is 15.2. The lowest BCUT2D eigenvalue weighted by Gasteiger charge is -2.22. The van der Waals surface area contributed by atoms with E-state index >= 15 is 0 Å². The molecule has 1 aromatic heterocycles. The van der Waals surface area contributed by atoms with Crippen LogP contribution in [-0.4, -0.2) is 55.3 Å². The van der Waals surface area contributed by atoms with Crippen molar-refractivity contribution in [3.8, 4) is 28.4 Å². The number of aromatic nitrogens is 2. The van der Waals surface area contributed by atoms with Gasteiger partial charge in [0.15, 0.2) is 0 Å². The van der Waals surface area contributed by atoms with E-state index in [2.05, 4.69) is 10.4 Å². The van der Waals surface area contributed by atoms with E-state index in [0.717, 1.165) is 10.7 Å². The fourth-order valence-electron chi connectivity index (χ4n) is 4.39. The van der Waals surface area contributed by atoms with E-state index in [1.54, 1.807) is 30.0 Å². The first-order chi connectivity index (χ1) is 17.1. The van der Waals surface area contributed by atoms with Crippen LogP contribution in [0.15, 0.2) is 41.2 Å². The Balaban J connectivity index is 2.00. The van der Waals surface area contributed by atoms with Gasteiger partial charge in [-0.05, 0) is 43.7 Å². The van der Waals surface area contributed by atoms with Gasteiger partial charge in [0, 0.05) is 43.0 Å². The molecule has 0 radical (unpaired) electrons. The van der Waals surface area contributed by atoms with E-state index in [9.17, 15) is 23.1 Å². The van der Waals surface area contributed by atoms with Crippen molar-refractivity contribution in [2.24, 2.45) is 0 Å². The summed E-state index contributed by atoms with van der Waals surface area (Å²) in [6, 6.07) is 8.56. The number of β-amino-alcohol motifs (C(OH)–C–C–N with tert-alkyl or cyclic N) is 1. The molecule has 0 saturated carbocycles. The van der Waals surface area contributed by atoms with Crippen LogP contribution in [0.4, 0.5) is 24.5 Å². The summed E-state index contributed by atoms with van der Waals surface area (Å²) >= 11 is 0. The molecule has 2 N–H and O–H groups in total. The SMILES string of the molecule is CNc1c(C)c(-c2cc(OC)cc(OC)c2)nn(-c2cc(N3CC[C@H](O)C3)ccc2C(F)(F)F)c1=O. The first kappa shape index (κ1) is 25.4. The molecule has 0 unspecified atom stereocenters. The summed E-state index contributed by atoms with van der Waals surface area (Å²) in [7, 11) is 4.49. The fraction of sp³-hybridized carbons (Fsp3) is 0.360. The zero-order chi connectivity index (χ0) is 26.2. The Morgan fingerprint density at radius 1 is 1.11 bits per heavy atom. The second-order valence-corrected chi connectivity index (χ2v) is 8.50. The van der Waals surface area contributed by atoms with Crippen LogP contribution in [0.25, 0.3) is 16.9 Å². The second-order valence-electron chi connectivity index (χ2n) is 8.50. The number of nitrogens with one attached hydrogen (secondary N) is 1. The molecule has 0 amide bonds. The zero-order valence-electron chi connectivity index (χ0n) is 20.3. The van der Waals surface area contributed by atoms with Crippen molar-refractivity contribution in [3.05, 3.63) is 57.9 Å². The van der Waals surface area contributed by atoms with Gasteiger partial charge in [-0.1, -0.05) is 0 Å². The lowest BCUT2D eigenvalue weighted by molar-refractivity contribution is -0.137. The number of ether oxygens (including phenoxy) is 2. The molecular weight excluding hydrogens is 477 g/mol. The van der Waals surface area contributed by atoms with Crippen LogP contribution < -0.4 is 25.2 Å². The molecule has 192 valence electrons. The lowest BCUT2D eigenvalue weighted by Crippen LogP contribution is -2.28. The van der Waals surface area contributed by atoms with Crippen LogP contribution in [0.1, 0.15) is 17.5 Å². The van der Waals surface area contributed by atoms with Crippen molar-refractivity contribution in [2.75, 3.05) is 44.6 Å². The average Bonchev–Trinajstić information content (AvgIpc) is 3.29. The molecule has 0 spiro atoms. The third kappa shape index (κ3) is 4.70. The minimum atomic E-state index is -4.73. The summed E-state index contributed by atoms with van der Waals surface area (Å²) in [5.74, 6) is 0.916. The molecule has 0 bridgehead atoms. The Morgan fingerprint density at radius 3 is 2.31 bits per heavy atom. The van der Waals surface area contributed by atoms with Crippen molar-refractivity contribution in [1.82, 2.24) is 9.78 Å². The van der Waals surface area contributed by atoms with Crippen molar-refractivity contribution in [1.29, 1.82) is 0 Å². The molecule has 1 saturated heterocycles. The molecule has 1 atom stereocenters. The highest BCUT2D eigenvalue weighted by atomic mass is 19.4. The van der Waals surface area contributed by atoms with Gasteiger partial charge in [0.1, 0.15) is 17.2 Å². The highest BCUT2D eigenvalue weighted by Crippen LogP contribution is 2.37. The van der Waals surface area contributed by atoms with Gasteiger partial charge in [0.25, 0.3) is 5.56 Å². The predicted octanol–water partition coefficient (Wildman–Crippen LogP) is 3.86. The van der Waals surface area contributed by atoms with Crippen LogP contribution in [0.5, 0.6) is 11.5 Å². The second kappa shape index (κ2) is 9.73. The monoisotopic (exact) mass is 504 g/mol. The van der Waals surface area contributed by atoms with Crippen molar-refractivity contribution in [2.45, 2.75) is 25.6 Å². The number of methoxy groups -OCH3 is 2. The number of aliphatic hydroxyl groups is 1. The number of hydrogen-bond acceptors (Lipinski definition) is 7. The van der Waals surface area contributed by atoms with E-state index in [4.69, 9.17) is 9.47 Å². The van der Waals surface area contributed by atoms with Crippen LogP contribution in [0.3, 0.4) is 0 Å². The fourth-order valence-corrected chi connectivity index (χ4v) is 4.39. The summed E-state index contributed by atoms with van der Waals surface area (Å²) in [6.07, 6.45) is -4.80. The highest BCUT2D eigenvalue weighted by Gasteiger charge is 2.36. The molecule has 2 aromatic carbocycles. The number of rotatable bonds is 6. The van der Waals surface area contributed by atoms with Crippen LogP contribution in [0.2, 0.25) is 0 Å². The Morgan fingerprint density at radius 2 is 1.78 bits per heavy atom. The van der Waals surface area contributed by atoms with Crippen LogP contribution in [-0.2, 0) is 6.18 Å². The van der Waals surface area contributed by atoms with Gasteiger partial charge in [-0.25, -0.2) is 0 Å². The average molecular weight is 505 g/mol. The van der Waals surface area contributed by atoms with Gasteiger partial charge in [-0.3, -0.25) is 4.79 Å².